The van der Waals surface area contributed by atoms with E-state index in [1.807, 2.05) is 0 Å². The summed E-state index contributed by atoms with van der Waals surface area (Å²) in [6, 6.07) is -0.772. The van der Waals surface area contributed by atoms with Gasteiger partial charge in [-0.05, 0) is 32.2 Å². The average Bonchev–Trinajstić information content (AvgIpc) is 2.64. The summed E-state index contributed by atoms with van der Waals surface area (Å²) in [5.41, 5.74) is 5.42. The van der Waals surface area contributed by atoms with Crippen LogP contribution in [0.3, 0.4) is 0 Å². The van der Waals surface area contributed by atoms with Crippen LogP contribution in [0, 0.1) is 0 Å². The highest BCUT2D eigenvalue weighted by Gasteiger charge is 2.18. The highest BCUT2D eigenvalue weighted by molar-refractivity contribution is 5.83. The summed E-state index contributed by atoms with van der Waals surface area (Å²) in [4.78, 5) is 23.1. The van der Waals surface area contributed by atoms with Crippen molar-refractivity contribution in [3.05, 3.63) is 0 Å². The summed E-state index contributed by atoms with van der Waals surface area (Å²) >= 11 is 0. The van der Waals surface area contributed by atoms with Gasteiger partial charge in [-0.2, -0.15) is 0 Å². The van der Waals surface area contributed by atoms with Crippen molar-refractivity contribution in [1.82, 2.24) is 5.32 Å². The lowest BCUT2D eigenvalue weighted by atomic mass is 10.0. The smallest absolute Gasteiger partial charge is 0.326 e. The van der Waals surface area contributed by atoms with E-state index < -0.39 is 12.0 Å². The van der Waals surface area contributed by atoms with Crippen LogP contribution in [0.25, 0.3) is 0 Å². The van der Waals surface area contributed by atoms with Gasteiger partial charge in [0.25, 0.3) is 0 Å². The van der Waals surface area contributed by atoms with Crippen LogP contribution in [0.1, 0.15) is 116 Å². The molecule has 1 amide bonds. The fourth-order valence-electron chi connectivity index (χ4n) is 3.32. The van der Waals surface area contributed by atoms with Crippen LogP contribution >= 0.6 is 0 Å². The molecule has 4 N–H and O–H groups in total. The Balaban J connectivity index is 3.47. The van der Waals surface area contributed by atoms with Crippen molar-refractivity contribution in [3.63, 3.8) is 0 Å². The number of aliphatic carboxylic acids is 1. The summed E-state index contributed by atoms with van der Waals surface area (Å²) in [5.74, 6) is -1.09. The molecule has 0 aromatic heterocycles. The quantitative estimate of drug-likeness (QED) is 0.253. The van der Waals surface area contributed by atoms with Gasteiger partial charge in [-0.3, -0.25) is 4.79 Å². The molecule has 0 fully saturated rings. The monoisotopic (exact) mass is 384 g/mol. The van der Waals surface area contributed by atoms with Gasteiger partial charge in [0.2, 0.25) is 5.91 Å². The Kier molecular flexibility index (Phi) is 18.9. The predicted molar refractivity (Wildman–Crippen MR) is 113 cm³/mol. The Morgan fingerprint density at radius 2 is 1.26 bits per heavy atom. The van der Waals surface area contributed by atoms with E-state index in [9.17, 15) is 9.59 Å². The average molecular weight is 385 g/mol. The summed E-state index contributed by atoms with van der Waals surface area (Å²) < 4.78 is 0. The third-order valence-electron chi connectivity index (χ3n) is 5.09. The second kappa shape index (κ2) is 19.7. The SMILES string of the molecule is CCCCCCCCCCCCCCCC(=O)N[C@@H](CCCCN)C(=O)O. The minimum Gasteiger partial charge on any atom is -0.480 e. The van der Waals surface area contributed by atoms with Gasteiger partial charge in [-0.1, -0.05) is 84.0 Å². The van der Waals surface area contributed by atoms with Crippen molar-refractivity contribution in [2.24, 2.45) is 5.73 Å². The van der Waals surface area contributed by atoms with Gasteiger partial charge < -0.3 is 16.2 Å². The van der Waals surface area contributed by atoms with Crippen LogP contribution in [0.15, 0.2) is 0 Å². The number of hydrogen-bond donors (Lipinski definition) is 3. The number of carbonyl (C=O) groups excluding carboxylic acids is 1. The number of carbonyl (C=O) groups is 2. The first-order chi connectivity index (χ1) is 13.1. The fraction of sp³-hybridized carbons (Fsp3) is 0.909. The number of unbranched alkanes of at least 4 members (excludes halogenated alkanes) is 13. The van der Waals surface area contributed by atoms with Crippen LogP contribution in [-0.4, -0.2) is 29.6 Å². The first-order valence-electron chi connectivity index (χ1n) is 11.3. The van der Waals surface area contributed by atoms with E-state index >= 15 is 0 Å². The molecule has 0 aliphatic heterocycles. The van der Waals surface area contributed by atoms with E-state index in [1.54, 1.807) is 0 Å². The van der Waals surface area contributed by atoms with Crippen molar-refractivity contribution in [2.75, 3.05) is 6.54 Å². The normalized spacial score (nSPS) is 12.1. The van der Waals surface area contributed by atoms with E-state index in [0.717, 1.165) is 25.7 Å². The van der Waals surface area contributed by atoms with Crippen molar-refractivity contribution in [1.29, 1.82) is 0 Å². The number of rotatable bonds is 20. The molecule has 27 heavy (non-hydrogen) atoms. The van der Waals surface area contributed by atoms with E-state index in [0.29, 0.717) is 19.4 Å². The van der Waals surface area contributed by atoms with Gasteiger partial charge in [-0.15, -0.1) is 0 Å². The van der Waals surface area contributed by atoms with Crippen LogP contribution in [0.5, 0.6) is 0 Å². The van der Waals surface area contributed by atoms with Gasteiger partial charge in [0.1, 0.15) is 6.04 Å². The highest BCUT2D eigenvalue weighted by atomic mass is 16.4. The first-order valence-corrected chi connectivity index (χ1v) is 11.3. The molecule has 0 saturated carbocycles. The molecule has 160 valence electrons. The van der Waals surface area contributed by atoms with Crippen LogP contribution < -0.4 is 11.1 Å². The van der Waals surface area contributed by atoms with Gasteiger partial charge in [0.15, 0.2) is 0 Å². The Morgan fingerprint density at radius 3 is 1.70 bits per heavy atom. The predicted octanol–water partition coefficient (Wildman–Crippen LogP) is 5.17. The van der Waals surface area contributed by atoms with Crippen LogP contribution in [-0.2, 0) is 9.59 Å². The van der Waals surface area contributed by atoms with E-state index in [2.05, 4.69) is 12.2 Å². The number of hydrogen-bond acceptors (Lipinski definition) is 3. The minimum atomic E-state index is -0.953. The minimum absolute atomic E-state index is 0.141. The van der Waals surface area contributed by atoms with Crippen LogP contribution in [0.4, 0.5) is 0 Å². The lowest BCUT2D eigenvalue weighted by Gasteiger charge is -2.14. The molecule has 5 nitrogen and oxygen atoms in total. The molecule has 0 rings (SSSR count). The molecule has 0 aromatic rings. The second-order valence-electron chi connectivity index (χ2n) is 7.74. The Labute approximate surface area is 166 Å². The fourth-order valence-corrected chi connectivity index (χ4v) is 3.32. The number of nitrogens with two attached hydrogens (primary N) is 1. The molecule has 5 heteroatoms. The molecule has 0 saturated heterocycles. The molecule has 1 atom stereocenters. The van der Waals surface area contributed by atoms with Gasteiger partial charge in [0, 0.05) is 6.42 Å². The van der Waals surface area contributed by atoms with Crippen molar-refractivity contribution >= 4 is 11.9 Å². The number of nitrogens with one attached hydrogen (secondary N) is 1. The topological polar surface area (TPSA) is 92.4 Å². The lowest BCUT2D eigenvalue weighted by molar-refractivity contribution is -0.142. The zero-order valence-corrected chi connectivity index (χ0v) is 17.6. The number of carboxylic acid groups (broad SMARTS) is 1. The highest BCUT2D eigenvalue weighted by Crippen LogP contribution is 2.13. The molecule has 0 bridgehead atoms. The molecular formula is C22H44N2O3. The molecule has 0 aliphatic carbocycles. The molecule has 0 radical (unpaired) electrons. The maximum absolute atomic E-state index is 11.9. The molecule has 0 heterocycles. The van der Waals surface area contributed by atoms with Gasteiger partial charge in [-0.25, -0.2) is 4.79 Å². The maximum Gasteiger partial charge on any atom is 0.326 e. The largest absolute Gasteiger partial charge is 0.480 e. The standard InChI is InChI=1S/C22H44N2O3/c1-2-3-4-5-6-7-8-9-10-11-12-13-14-18-21(25)24-20(22(26)27)17-15-16-19-23/h20H,2-19,23H2,1H3,(H,24,25)(H,26,27)/t20-/m0/s1. The Hall–Kier alpha value is -1.10. The summed E-state index contributed by atoms with van der Waals surface area (Å²) in [7, 11) is 0. The number of amides is 1. The summed E-state index contributed by atoms with van der Waals surface area (Å²) in [6.07, 6.45) is 18.9. The molecule has 0 spiro atoms. The third-order valence-corrected chi connectivity index (χ3v) is 5.09. The second-order valence-corrected chi connectivity index (χ2v) is 7.74. The zero-order valence-electron chi connectivity index (χ0n) is 17.6. The molecule has 0 aliphatic rings. The third kappa shape index (κ3) is 18.0. The maximum atomic E-state index is 11.9. The van der Waals surface area contributed by atoms with Gasteiger partial charge >= 0.3 is 5.97 Å². The summed E-state index contributed by atoms with van der Waals surface area (Å²) in [6.45, 7) is 2.81. The van der Waals surface area contributed by atoms with E-state index in [1.165, 1.54) is 70.6 Å². The Bertz CT molecular complexity index is 361. The van der Waals surface area contributed by atoms with Crippen molar-refractivity contribution in [3.8, 4) is 0 Å². The molecule has 0 aromatic carbocycles. The number of carboxylic acids is 1. The lowest BCUT2D eigenvalue weighted by Crippen LogP contribution is -2.40. The Morgan fingerprint density at radius 1 is 0.778 bits per heavy atom. The zero-order chi connectivity index (χ0) is 20.2. The summed E-state index contributed by atoms with van der Waals surface area (Å²) in [5, 5.41) is 11.8. The van der Waals surface area contributed by atoms with Crippen LogP contribution in [0.2, 0.25) is 0 Å². The van der Waals surface area contributed by atoms with Crippen molar-refractivity contribution in [2.45, 2.75) is 122 Å². The van der Waals surface area contributed by atoms with Gasteiger partial charge in [0.05, 0.1) is 0 Å². The molecular weight excluding hydrogens is 340 g/mol. The van der Waals surface area contributed by atoms with E-state index in [-0.39, 0.29) is 5.91 Å². The molecule has 0 unspecified atom stereocenters. The van der Waals surface area contributed by atoms with Crippen molar-refractivity contribution < 1.29 is 14.7 Å². The first kappa shape index (κ1) is 25.9. The van der Waals surface area contributed by atoms with E-state index in [4.69, 9.17) is 10.8 Å².